The SMILES string of the molecule is CCCCCCCCc1ccc2c(c1)CC=C2C[C@H](N)CO. The van der Waals surface area contributed by atoms with Gasteiger partial charge in [-0.05, 0) is 47.9 Å². The van der Waals surface area contributed by atoms with Crippen LogP contribution in [0.3, 0.4) is 0 Å². The summed E-state index contributed by atoms with van der Waals surface area (Å²) in [7, 11) is 0. The van der Waals surface area contributed by atoms with Gasteiger partial charge in [-0.1, -0.05) is 63.3 Å². The molecule has 0 amide bonds. The summed E-state index contributed by atoms with van der Waals surface area (Å²) in [6, 6.07) is 6.76. The maximum atomic E-state index is 9.11. The molecule has 0 fully saturated rings. The van der Waals surface area contributed by atoms with Gasteiger partial charge in [-0.3, -0.25) is 0 Å². The van der Waals surface area contributed by atoms with Gasteiger partial charge in [-0.15, -0.1) is 0 Å². The van der Waals surface area contributed by atoms with Gasteiger partial charge in [0.25, 0.3) is 0 Å². The molecular weight excluding hydrogens is 270 g/mol. The van der Waals surface area contributed by atoms with Gasteiger partial charge < -0.3 is 10.8 Å². The molecule has 0 bridgehead atoms. The van der Waals surface area contributed by atoms with E-state index >= 15 is 0 Å². The fourth-order valence-corrected chi connectivity index (χ4v) is 3.28. The van der Waals surface area contributed by atoms with Gasteiger partial charge in [-0.25, -0.2) is 0 Å². The number of allylic oxidation sites excluding steroid dienone is 1. The van der Waals surface area contributed by atoms with E-state index in [1.807, 2.05) is 0 Å². The Morgan fingerprint density at radius 2 is 1.91 bits per heavy atom. The van der Waals surface area contributed by atoms with Crippen molar-refractivity contribution in [1.29, 1.82) is 0 Å². The largest absolute Gasteiger partial charge is 0.395 e. The molecule has 1 atom stereocenters. The smallest absolute Gasteiger partial charge is 0.0585 e. The third-order valence-electron chi connectivity index (χ3n) is 4.62. The maximum absolute atomic E-state index is 9.11. The molecule has 22 heavy (non-hydrogen) atoms. The van der Waals surface area contributed by atoms with Crippen LogP contribution < -0.4 is 5.73 Å². The molecule has 0 unspecified atom stereocenters. The second kappa shape index (κ2) is 9.12. The molecule has 1 aliphatic rings. The zero-order valence-corrected chi connectivity index (χ0v) is 14.0. The summed E-state index contributed by atoms with van der Waals surface area (Å²) < 4.78 is 0. The van der Waals surface area contributed by atoms with E-state index < -0.39 is 0 Å². The second-order valence-electron chi connectivity index (χ2n) is 6.59. The first-order valence-corrected chi connectivity index (χ1v) is 8.92. The Kier molecular flexibility index (Phi) is 7.14. The van der Waals surface area contributed by atoms with Crippen molar-refractivity contribution in [3.8, 4) is 0 Å². The molecule has 1 aromatic rings. The zero-order valence-electron chi connectivity index (χ0n) is 14.0. The lowest BCUT2D eigenvalue weighted by atomic mass is 9.96. The molecule has 0 saturated heterocycles. The quantitative estimate of drug-likeness (QED) is 0.635. The zero-order chi connectivity index (χ0) is 15.8. The summed E-state index contributed by atoms with van der Waals surface area (Å²) in [6.45, 7) is 2.32. The van der Waals surface area contributed by atoms with Crippen molar-refractivity contribution in [2.45, 2.75) is 70.8 Å². The van der Waals surface area contributed by atoms with Crippen LogP contribution in [-0.4, -0.2) is 17.8 Å². The van der Waals surface area contributed by atoms with E-state index in [1.165, 1.54) is 67.2 Å². The van der Waals surface area contributed by atoms with Gasteiger partial charge in [0.2, 0.25) is 0 Å². The summed E-state index contributed by atoms with van der Waals surface area (Å²) in [6.07, 6.45) is 13.4. The third kappa shape index (κ3) is 4.96. The van der Waals surface area contributed by atoms with Crippen LogP contribution in [0.4, 0.5) is 0 Å². The van der Waals surface area contributed by atoms with Crippen LogP contribution in [0.1, 0.15) is 68.6 Å². The molecule has 0 aromatic heterocycles. The maximum Gasteiger partial charge on any atom is 0.0585 e. The lowest BCUT2D eigenvalue weighted by Crippen LogP contribution is -2.24. The molecule has 2 nitrogen and oxygen atoms in total. The number of rotatable bonds is 10. The lowest BCUT2D eigenvalue weighted by molar-refractivity contribution is 0.267. The Morgan fingerprint density at radius 3 is 2.68 bits per heavy atom. The minimum absolute atomic E-state index is 0.0583. The number of unbranched alkanes of at least 4 members (excludes halogenated alkanes) is 5. The van der Waals surface area contributed by atoms with E-state index in [9.17, 15) is 0 Å². The fraction of sp³-hybridized carbons (Fsp3) is 0.600. The minimum Gasteiger partial charge on any atom is -0.395 e. The standard InChI is InChI=1S/C20H31NO/c1-2-3-4-5-6-7-8-16-9-12-20-17(13-16)10-11-18(20)14-19(21)15-22/h9,11-13,19,22H,2-8,10,14-15,21H2,1H3/t19-/m0/s1. The van der Waals surface area contributed by atoms with Gasteiger partial charge in [0.05, 0.1) is 6.61 Å². The summed E-state index contributed by atoms with van der Waals surface area (Å²) in [5.74, 6) is 0. The molecular formula is C20H31NO. The van der Waals surface area contributed by atoms with Crippen LogP contribution in [0.25, 0.3) is 5.57 Å². The Morgan fingerprint density at radius 1 is 1.14 bits per heavy atom. The van der Waals surface area contributed by atoms with Gasteiger partial charge in [0.15, 0.2) is 0 Å². The molecule has 0 heterocycles. The number of aliphatic hydroxyl groups is 1. The highest BCUT2D eigenvalue weighted by Crippen LogP contribution is 2.31. The average Bonchev–Trinajstić information content (AvgIpc) is 2.93. The van der Waals surface area contributed by atoms with Crippen molar-refractivity contribution in [3.05, 3.63) is 41.0 Å². The van der Waals surface area contributed by atoms with Crippen LogP contribution in [0.15, 0.2) is 24.3 Å². The van der Waals surface area contributed by atoms with E-state index in [4.69, 9.17) is 10.8 Å². The summed E-state index contributed by atoms with van der Waals surface area (Å²) in [5.41, 5.74) is 11.4. The first-order chi connectivity index (χ1) is 10.7. The first kappa shape index (κ1) is 17.2. The predicted molar refractivity (Wildman–Crippen MR) is 94.9 cm³/mol. The lowest BCUT2D eigenvalue weighted by Gasteiger charge is -2.11. The van der Waals surface area contributed by atoms with Crippen molar-refractivity contribution in [1.82, 2.24) is 0 Å². The Hall–Kier alpha value is -1.12. The molecule has 0 radical (unpaired) electrons. The number of fused-ring (bicyclic) bond motifs is 1. The Balaban J connectivity index is 1.81. The summed E-state index contributed by atoms with van der Waals surface area (Å²) in [4.78, 5) is 0. The average molecular weight is 301 g/mol. The second-order valence-corrected chi connectivity index (χ2v) is 6.59. The highest BCUT2D eigenvalue weighted by molar-refractivity contribution is 5.73. The molecule has 1 aliphatic carbocycles. The number of benzene rings is 1. The minimum atomic E-state index is -0.139. The fourth-order valence-electron chi connectivity index (χ4n) is 3.28. The van der Waals surface area contributed by atoms with Crippen LogP contribution in [-0.2, 0) is 12.8 Å². The monoisotopic (exact) mass is 301 g/mol. The predicted octanol–water partition coefficient (Wildman–Crippen LogP) is 4.24. The van der Waals surface area contributed by atoms with E-state index in [2.05, 4.69) is 31.2 Å². The molecule has 122 valence electrons. The summed E-state index contributed by atoms with van der Waals surface area (Å²) in [5, 5.41) is 9.11. The van der Waals surface area contributed by atoms with Crippen molar-refractivity contribution in [2.24, 2.45) is 5.73 Å². The van der Waals surface area contributed by atoms with Crippen molar-refractivity contribution >= 4 is 5.57 Å². The molecule has 0 aliphatic heterocycles. The van der Waals surface area contributed by atoms with Crippen molar-refractivity contribution < 1.29 is 5.11 Å². The van der Waals surface area contributed by atoms with E-state index in [-0.39, 0.29) is 12.6 Å². The number of hydrogen-bond donors (Lipinski definition) is 2. The molecule has 3 N–H and O–H groups in total. The van der Waals surface area contributed by atoms with Crippen molar-refractivity contribution in [2.75, 3.05) is 6.61 Å². The number of aryl methyl sites for hydroxylation is 1. The highest BCUT2D eigenvalue weighted by Gasteiger charge is 2.16. The van der Waals surface area contributed by atoms with Crippen molar-refractivity contribution in [3.63, 3.8) is 0 Å². The third-order valence-corrected chi connectivity index (χ3v) is 4.62. The van der Waals surface area contributed by atoms with Gasteiger partial charge >= 0.3 is 0 Å². The molecule has 2 rings (SSSR count). The molecule has 1 aromatic carbocycles. The first-order valence-electron chi connectivity index (χ1n) is 8.92. The normalized spacial score (nSPS) is 14.8. The topological polar surface area (TPSA) is 46.2 Å². The van der Waals surface area contributed by atoms with Crippen LogP contribution in [0.5, 0.6) is 0 Å². The van der Waals surface area contributed by atoms with E-state index in [1.54, 1.807) is 0 Å². The van der Waals surface area contributed by atoms with Crippen LogP contribution in [0.2, 0.25) is 0 Å². The van der Waals surface area contributed by atoms with Gasteiger partial charge in [0, 0.05) is 6.04 Å². The summed E-state index contributed by atoms with van der Waals surface area (Å²) >= 11 is 0. The molecule has 0 spiro atoms. The number of nitrogens with two attached hydrogens (primary N) is 1. The molecule has 0 saturated carbocycles. The Labute approximate surface area is 135 Å². The van der Waals surface area contributed by atoms with Crippen LogP contribution in [0, 0.1) is 0 Å². The molecule has 2 heteroatoms. The highest BCUT2D eigenvalue weighted by atomic mass is 16.3. The van der Waals surface area contributed by atoms with Gasteiger partial charge in [-0.2, -0.15) is 0 Å². The number of hydrogen-bond acceptors (Lipinski definition) is 2. The van der Waals surface area contributed by atoms with Gasteiger partial charge in [0.1, 0.15) is 0 Å². The number of aliphatic hydroxyl groups excluding tert-OH is 1. The Bertz CT molecular complexity index is 492. The van der Waals surface area contributed by atoms with Crippen LogP contribution >= 0.6 is 0 Å². The van der Waals surface area contributed by atoms with E-state index in [0.29, 0.717) is 0 Å². The van der Waals surface area contributed by atoms with E-state index in [0.717, 1.165) is 12.8 Å².